The average Bonchev–Trinajstić information content (AvgIpc) is 2.55. The van der Waals surface area contributed by atoms with E-state index in [1.165, 1.54) is 37.7 Å². The molecule has 0 saturated heterocycles. The van der Waals surface area contributed by atoms with Crippen molar-refractivity contribution in [3.05, 3.63) is 35.9 Å². The highest BCUT2D eigenvalue weighted by molar-refractivity contribution is 5.80. The van der Waals surface area contributed by atoms with Crippen LogP contribution in [0, 0.1) is 5.92 Å². The largest absolute Gasteiger partial charge is 0.409 e. The number of benzene rings is 1. The van der Waals surface area contributed by atoms with E-state index in [-0.39, 0.29) is 11.9 Å². The molecule has 1 aromatic carbocycles. The zero-order valence-electron chi connectivity index (χ0n) is 12.8. The van der Waals surface area contributed by atoms with E-state index in [2.05, 4.69) is 29.5 Å². The highest BCUT2D eigenvalue weighted by atomic mass is 16.4. The predicted molar refractivity (Wildman–Crippen MR) is 86.4 cm³/mol. The van der Waals surface area contributed by atoms with E-state index in [4.69, 9.17) is 10.9 Å². The molecule has 0 spiro atoms. The molecule has 21 heavy (non-hydrogen) atoms. The zero-order valence-corrected chi connectivity index (χ0v) is 12.8. The molecule has 116 valence electrons. The summed E-state index contributed by atoms with van der Waals surface area (Å²) in [4.78, 5) is 0. The third-order valence-corrected chi connectivity index (χ3v) is 4.56. The van der Waals surface area contributed by atoms with Gasteiger partial charge in [-0.3, -0.25) is 0 Å². The quantitative estimate of drug-likeness (QED) is 0.325. The Hall–Kier alpha value is -1.55. The number of rotatable bonds is 6. The Morgan fingerprint density at radius 1 is 1.29 bits per heavy atom. The summed E-state index contributed by atoms with van der Waals surface area (Å²) < 4.78 is 0. The summed E-state index contributed by atoms with van der Waals surface area (Å²) in [6.45, 7) is 2.26. The van der Waals surface area contributed by atoms with Crippen LogP contribution in [-0.2, 0) is 0 Å². The van der Waals surface area contributed by atoms with Gasteiger partial charge in [-0.15, -0.1) is 0 Å². The van der Waals surface area contributed by atoms with Gasteiger partial charge < -0.3 is 16.3 Å². The monoisotopic (exact) mass is 289 g/mol. The van der Waals surface area contributed by atoms with Crippen LogP contribution in [0.5, 0.6) is 0 Å². The molecule has 0 aliphatic heterocycles. The fraction of sp³-hybridized carbons (Fsp3) is 0.588. The zero-order chi connectivity index (χ0) is 15.1. The smallest absolute Gasteiger partial charge is 0.141 e. The third-order valence-electron chi connectivity index (χ3n) is 4.56. The molecule has 4 heteroatoms. The summed E-state index contributed by atoms with van der Waals surface area (Å²) in [6, 6.07) is 10.8. The maximum Gasteiger partial charge on any atom is 0.141 e. The summed E-state index contributed by atoms with van der Waals surface area (Å²) in [6.07, 6.45) is 7.19. The van der Waals surface area contributed by atoms with Crippen LogP contribution in [0.15, 0.2) is 35.5 Å². The van der Waals surface area contributed by atoms with Gasteiger partial charge in [-0.05, 0) is 31.2 Å². The SMILES string of the molecule is C[C@@H](NC(C/C(N)=N/O)c1ccccc1)C1CCCCC1. The molecule has 1 aliphatic carbocycles. The lowest BCUT2D eigenvalue weighted by Crippen LogP contribution is -2.38. The van der Waals surface area contributed by atoms with Crippen LogP contribution in [0.25, 0.3) is 0 Å². The van der Waals surface area contributed by atoms with E-state index < -0.39 is 0 Å². The van der Waals surface area contributed by atoms with Crippen LogP contribution >= 0.6 is 0 Å². The topological polar surface area (TPSA) is 70.6 Å². The molecule has 0 aromatic heterocycles. The molecule has 0 bridgehead atoms. The second kappa shape index (κ2) is 8.03. The van der Waals surface area contributed by atoms with Gasteiger partial charge in [0.15, 0.2) is 0 Å². The van der Waals surface area contributed by atoms with Gasteiger partial charge >= 0.3 is 0 Å². The molecule has 1 fully saturated rings. The van der Waals surface area contributed by atoms with Crippen LogP contribution in [0.2, 0.25) is 0 Å². The Morgan fingerprint density at radius 2 is 1.95 bits per heavy atom. The van der Waals surface area contributed by atoms with E-state index in [1.54, 1.807) is 0 Å². The van der Waals surface area contributed by atoms with E-state index in [1.807, 2.05) is 18.2 Å². The van der Waals surface area contributed by atoms with E-state index >= 15 is 0 Å². The number of nitrogens with one attached hydrogen (secondary N) is 1. The molecular weight excluding hydrogens is 262 g/mol. The first kappa shape index (κ1) is 15.8. The lowest BCUT2D eigenvalue weighted by Gasteiger charge is -2.32. The van der Waals surface area contributed by atoms with Gasteiger partial charge in [0.25, 0.3) is 0 Å². The van der Waals surface area contributed by atoms with E-state index in [0.717, 1.165) is 5.92 Å². The number of amidine groups is 1. The summed E-state index contributed by atoms with van der Waals surface area (Å²) in [7, 11) is 0. The molecular formula is C17H27N3O. The van der Waals surface area contributed by atoms with Gasteiger partial charge in [-0.1, -0.05) is 54.8 Å². The summed E-state index contributed by atoms with van der Waals surface area (Å²) in [5, 5.41) is 15.7. The van der Waals surface area contributed by atoms with Gasteiger partial charge in [0, 0.05) is 18.5 Å². The maximum absolute atomic E-state index is 8.85. The molecule has 0 heterocycles. The Labute approximate surface area is 127 Å². The molecule has 0 amide bonds. The van der Waals surface area contributed by atoms with Crippen molar-refractivity contribution in [1.29, 1.82) is 0 Å². The van der Waals surface area contributed by atoms with Crippen LogP contribution in [0.3, 0.4) is 0 Å². The van der Waals surface area contributed by atoms with Crippen molar-refractivity contribution in [3.63, 3.8) is 0 Å². The first-order valence-electron chi connectivity index (χ1n) is 7.98. The highest BCUT2D eigenvalue weighted by Crippen LogP contribution is 2.28. The first-order valence-corrected chi connectivity index (χ1v) is 7.98. The molecule has 1 unspecified atom stereocenters. The van der Waals surface area contributed by atoms with Gasteiger partial charge in [0.05, 0.1) is 0 Å². The van der Waals surface area contributed by atoms with E-state index in [0.29, 0.717) is 12.5 Å². The van der Waals surface area contributed by atoms with Crippen molar-refractivity contribution in [2.24, 2.45) is 16.8 Å². The fourth-order valence-electron chi connectivity index (χ4n) is 3.30. The van der Waals surface area contributed by atoms with Crippen molar-refractivity contribution in [2.75, 3.05) is 0 Å². The number of hydrogen-bond donors (Lipinski definition) is 3. The van der Waals surface area contributed by atoms with Gasteiger partial charge in [0.2, 0.25) is 0 Å². The molecule has 2 rings (SSSR count). The Kier molecular flexibility index (Phi) is 6.05. The van der Waals surface area contributed by atoms with Crippen molar-refractivity contribution in [1.82, 2.24) is 5.32 Å². The minimum atomic E-state index is 0.0963. The molecule has 1 aromatic rings. The second-order valence-electron chi connectivity index (χ2n) is 6.11. The Balaban J connectivity index is 2.04. The summed E-state index contributed by atoms with van der Waals surface area (Å²) in [5.41, 5.74) is 6.91. The lowest BCUT2D eigenvalue weighted by molar-refractivity contribution is 0.264. The molecule has 1 saturated carbocycles. The Morgan fingerprint density at radius 3 is 2.57 bits per heavy atom. The lowest BCUT2D eigenvalue weighted by atomic mass is 9.84. The van der Waals surface area contributed by atoms with Gasteiger partial charge in [-0.25, -0.2) is 0 Å². The summed E-state index contributed by atoms with van der Waals surface area (Å²) >= 11 is 0. The molecule has 4 N–H and O–H groups in total. The number of hydrogen-bond acceptors (Lipinski definition) is 3. The van der Waals surface area contributed by atoms with Crippen molar-refractivity contribution >= 4 is 5.84 Å². The maximum atomic E-state index is 8.85. The summed E-state index contributed by atoms with van der Waals surface area (Å²) in [5.74, 6) is 1.00. The van der Waals surface area contributed by atoms with Crippen molar-refractivity contribution < 1.29 is 5.21 Å². The minimum Gasteiger partial charge on any atom is -0.409 e. The van der Waals surface area contributed by atoms with Gasteiger partial charge in [-0.2, -0.15) is 0 Å². The van der Waals surface area contributed by atoms with Gasteiger partial charge in [0.1, 0.15) is 5.84 Å². The van der Waals surface area contributed by atoms with Crippen molar-refractivity contribution in [2.45, 2.75) is 57.5 Å². The fourth-order valence-corrected chi connectivity index (χ4v) is 3.30. The second-order valence-corrected chi connectivity index (χ2v) is 6.11. The Bertz CT molecular complexity index is 441. The van der Waals surface area contributed by atoms with Crippen LogP contribution in [-0.4, -0.2) is 17.1 Å². The van der Waals surface area contributed by atoms with E-state index in [9.17, 15) is 0 Å². The average molecular weight is 289 g/mol. The van der Waals surface area contributed by atoms with Crippen LogP contribution in [0.4, 0.5) is 0 Å². The number of nitrogens with two attached hydrogens (primary N) is 1. The predicted octanol–water partition coefficient (Wildman–Crippen LogP) is 3.42. The number of nitrogens with zero attached hydrogens (tertiary/aromatic N) is 1. The third kappa shape index (κ3) is 4.74. The molecule has 0 radical (unpaired) electrons. The van der Waals surface area contributed by atoms with Crippen LogP contribution < -0.4 is 11.1 Å². The molecule has 4 nitrogen and oxygen atoms in total. The van der Waals surface area contributed by atoms with Crippen LogP contribution in [0.1, 0.15) is 57.1 Å². The number of oxime groups is 1. The molecule has 2 atom stereocenters. The first-order chi connectivity index (χ1) is 10.2. The standard InChI is InChI=1S/C17H27N3O/c1-13(14-8-4-2-5-9-14)19-16(12-17(18)20-21)15-10-6-3-7-11-15/h3,6-7,10-11,13-14,16,19,21H,2,4-5,8-9,12H2,1H3,(H2,18,20)/t13-,16?/m1/s1. The van der Waals surface area contributed by atoms with Crippen molar-refractivity contribution in [3.8, 4) is 0 Å². The molecule has 1 aliphatic rings. The minimum absolute atomic E-state index is 0.0963. The highest BCUT2D eigenvalue weighted by Gasteiger charge is 2.23. The normalized spacial score (nSPS) is 20.1.